The van der Waals surface area contributed by atoms with E-state index in [4.69, 9.17) is 14.3 Å². The number of carbonyl (C=O) groups excluding carboxylic acids is 1. The van der Waals surface area contributed by atoms with E-state index in [0.717, 1.165) is 0 Å². The van der Waals surface area contributed by atoms with E-state index in [2.05, 4.69) is 5.32 Å². The number of hydrogen-bond donors (Lipinski definition) is 3. The van der Waals surface area contributed by atoms with E-state index in [1.165, 1.54) is 20.1 Å². The fourth-order valence-corrected chi connectivity index (χ4v) is 2.04. The number of benzene rings is 1. The number of aliphatic carboxylic acids is 1. The standard InChI is InChI=1S/C15H15NO7/c1-7(17)11(14(19)20)16-13(18)9-6-8-4-3-5-10(22-2)12(8)23-15(9)21/h3-7,11,17H,1-2H3,(H,16,18)(H,19,20)/t7?,11-/m0/s1. The second-order valence-corrected chi connectivity index (χ2v) is 4.86. The highest BCUT2D eigenvalue weighted by Gasteiger charge is 2.27. The fourth-order valence-electron chi connectivity index (χ4n) is 2.04. The highest BCUT2D eigenvalue weighted by atomic mass is 16.5. The molecule has 0 aliphatic carbocycles. The predicted octanol–water partition coefficient (Wildman–Crippen LogP) is 0.365. The van der Waals surface area contributed by atoms with Crippen molar-refractivity contribution in [2.75, 3.05) is 7.11 Å². The zero-order valence-corrected chi connectivity index (χ0v) is 12.4. The van der Waals surface area contributed by atoms with Crippen molar-refractivity contribution in [3.63, 3.8) is 0 Å². The highest BCUT2D eigenvalue weighted by Crippen LogP contribution is 2.24. The van der Waals surface area contributed by atoms with Gasteiger partial charge in [-0.2, -0.15) is 0 Å². The van der Waals surface area contributed by atoms with E-state index in [-0.39, 0.29) is 11.1 Å². The first kappa shape index (κ1) is 16.5. The molecular weight excluding hydrogens is 306 g/mol. The minimum Gasteiger partial charge on any atom is -0.493 e. The van der Waals surface area contributed by atoms with Crippen LogP contribution in [0.15, 0.2) is 33.5 Å². The molecule has 1 unspecified atom stereocenters. The number of hydrogen-bond acceptors (Lipinski definition) is 6. The molecule has 0 bridgehead atoms. The number of carboxylic acid groups (broad SMARTS) is 1. The van der Waals surface area contributed by atoms with Crippen LogP contribution in [0, 0.1) is 0 Å². The minimum atomic E-state index is -1.54. The summed E-state index contributed by atoms with van der Waals surface area (Å²) in [7, 11) is 1.41. The first-order valence-corrected chi connectivity index (χ1v) is 6.67. The van der Waals surface area contributed by atoms with Gasteiger partial charge in [0.2, 0.25) is 0 Å². The number of methoxy groups -OCH3 is 1. The molecule has 0 aliphatic rings. The predicted molar refractivity (Wildman–Crippen MR) is 79.6 cm³/mol. The van der Waals surface area contributed by atoms with Gasteiger partial charge in [-0.25, -0.2) is 9.59 Å². The van der Waals surface area contributed by atoms with E-state index in [9.17, 15) is 19.5 Å². The topological polar surface area (TPSA) is 126 Å². The Morgan fingerprint density at radius 1 is 1.35 bits per heavy atom. The van der Waals surface area contributed by atoms with Crippen LogP contribution in [0.2, 0.25) is 0 Å². The molecule has 23 heavy (non-hydrogen) atoms. The van der Waals surface area contributed by atoms with Crippen LogP contribution in [0.4, 0.5) is 0 Å². The molecule has 1 amide bonds. The molecule has 8 nitrogen and oxygen atoms in total. The van der Waals surface area contributed by atoms with Crippen molar-refractivity contribution in [2.45, 2.75) is 19.1 Å². The third kappa shape index (κ3) is 3.32. The van der Waals surface area contributed by atoms with E-state index < -0.39 is 29.6 Å². The summed E-state index contributed by atoms with van der Waals surface area (Å²) >= 11 is 0. The van der Waals surface area contributed by atoms with Gasteiger partial charge in [-0.05, 0) is 19.1 Å². The van der Waals surface area contributed by atoms with Gasteiger partial charge in [-0.3, -0.25) is 4.79 Å². The maximum atomic E-state index is 12.1. The maximum absolute atomic E-state index is 12.1. The lowest BCUT2D eigenvalue weighted by Crippen LogP contribution is -2.48. The summed E-state index contributed by atoms with van der Waals surface area (Å²) in [5.74, 6) is -2.03. The minimum absolute atomic E-state index is 0.182. The number of carbonyl (C=O) groups is 2. The second-order valence-electron chi connectivity index (χ2n) is 4.86. The van der Waals surface area contributed by atoms with Crippen LogP contribution in [0.5, 0.6) is 5.75 Å². The van der Waals surface area contributed by atoms with Crippen molar-refractivity contribution in [3.05, 3.63) is 40.2 Å². The monoisotopic (exact) mass is 321 g/mol. The maximum Gasteiger partial charge on any atom is 0.349 e. The Hall–Kier alpha value is -2.87. The number of nitrogens with one attached hydrogen (secondary N) is 1. The van der Waals surface area contributed by atoms with Gasteiger partial charge in [0.25, 0.3) is 5.91 Å². The summed E-state index contributed by atoms with van der Waals surface area (Å²) in [4.78, 5) is 35.1. The SMILES string of the molecule is COc1cccc2cc(C(=O)N[C@H](C(=O)O)C(C)O)c(=O)oc12. The Morgan fingerprint density at radius 2 is 2.04 bits per heavy atom. The van der Waals surface area contributed by atoms with Gasteiger partial charge in [0, 0.05) is 5.39 Å². The molecule has 8 heteroatoms. The summed E-state index contributed by atoms with van der Waals surface area (Å²) in [5.41, 5.74) is -1.12. The zero-order chi connectivity index (χ0) is 17.1. The average Bonchev–Trinajstić information content (AvgIpc) is 2.50. The summed E-state index contributed by atoms with van der Waals surface area (Å²) in [6.07, 6.45) is -1.33. The lowest BCUT2D eigenvalue weighted by atomic mass is 10.1. The molecule has 0 fully saturated rings. The summed E-state index contributed by atoms with van der Waals surface area (Å²) in [6, 6.07) is 4.60. The van der Waals surface area contributed by atoms with Gasteiger partial charge < -0.3 is 24.7 Å². The van der Waals surface area contributed by atoms with Gasteiger partial charge >= 0.3 is 11.6 Å². The van der Waals surface area contributed by atoms with E-state index in [1.807, 2.05) is 0 Å². The van der Waals surface area contributed by atoms with Crippen molar-refractivity contribution in [2.24, 2.45) is 0 Å². The van der Waals surface area contributed by atoms with E-state index in [0.29, 0.717) is 11.1 Å². The molecule has 122 valence electrons. The molecule has 1 heterocycles. The number of aliphatic hydroxyl groups is 1. The molecule has 0 saturated heterocycles. The Balaban J connectivity index is 2.44. The van der Waals surface area contributed by atoms with Gasteiger partial charge in [-0.15, -0.1) is 0 Å². The lowest BCUT2D eigenvalue weighted by molar-refractivity contribution is -0.141. The van der Waals surface area contributed by atoms with Crippen LogP contribution in [-0.4, -0.2) is 41.3 Å². The van der Waals surface area contributed by atoms with Crippen molar-refractivity contribution < 1.29 is 29.0 Å². The molecule has 1 aromatic heterocycles. The molecular formula is C15H15NO7. The van der Waals surface area contributed by atoms with Crippen LogP contribution >= 0.6 is 0 Å². The van der Waals surface area contributed by atoms with Crippen molar-refractivity contribution >= 4 is 22.8 Å². The largest absolute Gasteiger partial charge is 0.493 e. The lowest BCUT2D eigenvalue weighted by Gasteiger charge is -2.16. The van der Waals surface area contributed by atoms with Crippen molar-refractivity contribution in [3.8, 4) is 5.75 Å². The fraction of sp³-hybridized carbons (Fsp3) is 0.267. The molecule has 2 aromatic rings. The van der Waals surface area contributed by atoms with E-state index >= 15 is 0 Å². The first-order chi connectivity index (χ1) is 10.8. The van der Waals surface area contributed by atoms with Crippen LogP contribution < -0.4 is 15.7 Å². The normalized spacial score (nSPS) is 13.3. The third-order valence-corrected chi connectivity index (χ3v) is 3.22. The Kier molecular flexibility index (Phi) is 4.65. The highest BCUT2D eigenvalue weighted by molar-refractivity contribution is 5.99. The average molecular weight is 321 g/mol. The molecule has 1 aromatic carbocycles. The van der Waals surface area contributed by atoms with E-state index in [1.54, 1.807) is 18.2 Å². The van der Waals surface area contributed by atoms with Gasteiger partial charge in [-0.1, -0.05) is 12.1 Å². The smallest absolute Gasteiger partial charge is 0.349 e. The third-order valence-electron chi connectivity index (χ3n) is 3.22. The molecule has 2 atom stereocenters. The molecule has 2 rings (SSSR count). The van der Waals surface area contributed by atoms with Gasteiger partial charge in [0.1, 0.15) is 5.56 Å². The number of carboxylic acids is 1. The number of rotatable bonds is 5. The van der Waals surface area contributed by atoms with Gasteiger partial charge in [0.15, 0.2) is 17.4 Å². The number of fused-ring (bicyclic) bond motifs is 1. The molecule has 3 N–H and O–H groups in total. The molecule has 0 aliphatic heterocycles. The Labute approximate surface area is 130 Å². The number of ether oxygens (including phenoxy) is 1. The molecule has 0 spiro atoms. The summed E-state index contributed by atoms with van der Waals surface area (Å²) in [5, 5.41) is 20.9. The number of aliphatic hydroxyl groups excluding tert-OH is 1. The Bertz CT molecular complexity index is 809. The van der Waals surface area contributed by atoms with Crippen molar-refractivity contribution in [1.29, 1.82) is 0 Å². The first-order valence-electron chi connectivity index (χ1n) is 6.67. The van der Waals surface area contributed by atoms with Crippen LogP contribution in [0.25, 0.3) is 11.0 Å². The van der Waals surface area contributed by atoms with Crippen LogP contribution in [0.1, 0.15) is 17.3 Å². The molecule has 0 saturated carbocycles. The summed E-state index contributed by atoms with van der Waals surface area (Å²) < 4.78 is 10.2. The van der Waals surface area contributed by atoms with Crippen LogP contribution in [0.3, 0.4) is 0 Å². The second kappa shape index (κ2) is 6.49. The van der Waals surface area contributed by atoms with Crippen LogP contribution in [-0.2, 0) is 4.79 Å². The Morgan fingerprint density at radius 3 is 2.61 bits per heavy atom. The zero-order valence-electron chi connectivity index (χ0n) is 12.4. The van der Waals surface area contributed by atoms with Gasteiger partial charge in [0.05, 0.1) is 13.2 Å². The number of amides is 1. The quantitative estimate of drug-likeness (QED) is 0.679. The van der Waals surface area contributed by atoms with Crippen molar-refractivity contribution in [1.82, 2.24) is 5.32 Å². The number of para-hydroxylation sites is 1. The summed E-state index contributed by atoms with van der Waals surface area (Å²) in [6.45, 7) is 1.22. The molecule has 0 radical (unpaired) electrons.